The van der Waals surface area contributed by atoms with Crippen molar-refractivity contribution in [1.29, 1.82) is 0 Å². The molecule has 22 heavy (non-hydrogen) atoms. The van der Waals surface area contributed by atoms with Crippen molar-refractivity contribution in [3.8, 4) is 0 Å². The fourth-order valence-electron chi connectivity index (χ4n) is 4.38. The van der Waals surface area contributed by atoms with E-state index in [4.69, 9.17) is 5.11 Å². The fourth-order valence-corrected chi connectivity index (χ4v) is 5.95. The molecule has 1 spiro atoms. The van der Waals surface area contributed by atoms with Crippen LogP contribution in [0.15, 0.2) is 0 Å². The van der Waals surface area contributed by atoms with Crippen LogP contribution in [0.5, 0.6) is 0 Å². The van der Waals surface area contributed by atoms with Crippen molar-refractivity contribution in [2.45, 2.75) is 62.5 Å². The normalized spacial score (nSPS) is 31.9. The smallest absolute Gasteiger partial charge is 0.306 e. The summed E-state index contributed by atoms with van der Waals surface area (Å²) in [6.45, 7) is 1.81. The molecule has 0 aromatic carbocycles. The lowest BCUT2D eigenvalue weighted by Crippen LogP contribution is -2.51. The molecule has 1 amide bonds. The molecule has 5 heteroatoms. The van der Waals surface area contributed by atoms with E-state index in [9.17, 15) is 9.59 Å². The van der Waals surface area contributed by atoms with E-state index < -0.39 is 5.97 Å². The first-order chi connectivity index (χ1) is 10.6. The molecular weight excluding hydrogens is 298 g/mol. The van der Waals surface area contributed by atoms with Gasteiger partial charge in [-0.05, 0) is 38.5 Å². The molecule has 2 aliphatic carbocycles. The van der Waals surface area contributed by atoms with Gasteiger partial charge in [-0.3, -0.25) is 9.59 Å². The highest BCUT2D eigenvalue weighted by molar-refractivity contribution is 8.00. The Labute approximate surface area is 137 Å². The van der Waals surface area contributed by atoms with Crippen molar-refractivity contribution >= 4 is 23.6 Å². The molecule has 3 aliphatic rings. The highest BCUT2D eigenvalue weighted by Crippen LogP contribution is 2.43. The topological polar surface area (TPSA) is 57.6 Å². The predicted octanol–water partition coefficient (Wildman–Crippen LogP) is 3.16. The number of thioether (sulfide) groups is 1. The van der Waals surface area contributed by atoms with Gasteiger partial charge in [-0.25, -0.2) is 0 Å². The number of rotatable bonds is 2. The number of carbonyl (C=O) groups is 2. The van der Waals surface area contributed by atoms with Crippen LogP contribution in [0.3, 0.4) is 0 Å². The lowest BCUT2D eigenvalue weighted by molar-refractivity contribution is -0.145. The molecule has 4 nitrogen and oxygen atoms in total. The maximum absolute atomic E-state index is 12.8. The van der Waals surface area contributed by atoms with Gasteiger partial charge in [-0.1, -0.05) is 19.3 Å². The molecule has 124 valence electrons. The molecule has 0 atom stereocenters. The summed E-state index contributed by atoms with van der Waals surface area (Å²) in [5.41, 5.74) is 0. The van der Waals surface area contributed by atoms with Gasteiger partial charge < -0.3 is 10.0 Å². The third-order valence-corrected chi connectivity index (χ3v) is 7.29. The fraction of sp³-hybridized carbons (Fsp3) is 0.882. The van der Waals surface area contributed by atoms with Gasteiger partial charge in [-0.15, -0.1) is 0 Å². The number of nitrogens with zero attached hydrogens (tertiary/aromatic N) is 1. The largest absolute Gasteiger partial charge is 0.481 e. The summed E-state index contributed by atoms with van der Waals surface area (Å²) in [7, 11) is 0. The summed E-state index contributed by atoms with van der Waals surface area (Å²) in [6.07, 6.45) is 9.31. The monoisotopic (exact) mass is 325 g/mol. The Kier molecular flexibility index (Phi) is 5.00. The third-order valence-electron chi connectivity index (χ3n) is 5.75. The zero-order valence-electron chi connectivity index (χ0n) is 13.3. The van der Waals surface area contributed by atoms with E-state index in [0.717, 1.165) is 31.7 Å². The van der Waals surface area contributed by atoms with Crippen LogP contribution < -0.4 is 0 Å². The lowest BCUT2D eigenvalue weighted by Gasteiger charge is -2.45. The standard InChI is InChI=1S/C17H27NO3S/c19-15(13-4-6-14(7-5-13)16(20)21)18-10-11-22-17(12-18)8-2-1-3-9-17/h13-14H,1-12H2,(H,20,21). The average Bonchev–Trinajstić information content (AvgIpc) is 2.55. The van der Waals surface area contributed by atoms with Crippen LogP contribution in [0.1, 0.15) is 57.8 Å². The Morgan fingerprint density at radius 3 is 2.27 bits per heavy atom. The Hall–Kier alpha value is -0.710. The van der Waals surface area contributed by atoms with E-state index in [1.807, 2.05) is 0 Å². The molecule has 1 aliphatic heterocycles. The second-order valence-electron chi connectivity index (χ2n) is 7.24. The van der Waals surface area contributed by atoms with Crippen molar-refractivity contribution in [1.82, 2.24) is 4.90 Å². The number of carboxylic acid groups (broad SMARTS) is 1. The molecule has 0 aromatic heterocycles. The summed E-state index contributed by atoms with van der Waals surface area (Å²) < 4.78 is 0.324. The summed E-state index contributed by atoms with van der Waals surface area (Å²) in [6, 6.07) is 0. The van der Waals surface area contributed by atoms with Gasteiger partial charge in [0, 0.05) is 29.5 Å². The minimum atomic E-state index is -0.693. The minimum Gasteiger partial charge on any atom is -0.481 e. The molecule has 0 bridgehead atoms. The molecule has 1 N–H and O–H groups in total. The summed E-state index contributed by atoms with van der Waals surface area (Å²) in [5, 5.41) is 9.08. The highest BCUT2D eigenvalue weighted by Gasteiger charge is 2.40. The molecule has 0 radical (unpaired) electrons. The zero-order chi connectivity index (χ0) is 15.6. The summed E-state index contributed by atoms with van der Waals surface area (Å²) >= 11 is 2.09. The Balaban J connectivity index is 1.57. The zero-order valence-corrected chi connectivity index (χ0v) is 14.1. The van der Waals surface area contributed by atoms with Crippen molar-refractivity contribution < 1.29 is 14.7 Å². The van der Waals surface area contributed by atoms with Crippen molar-refractivity contribution in [2.24, 2.45) is 11.8 Å². The number of aliphatic carboxylic acids is 1. The van der Waals surface area contributed by atoms with E-state index in [1.54, 1.807) is 0 Å². The van der Waals surface area contributed by atoms with Gasteiger partial charge in [0.05, 0.1) is 5.92 Å². The second kappa shape index (κ2) is 6.81. The van der Waals surface area contributed by atoms with Crippen LogP contribution >= 0.6 is 11.8 Å². The van der Waals surface area contributed by atoms with E-state index >= 15 is 0 Å². The van der Waals surface area contributed by atoms with Crippen LogP contribution in [0.25, 0.3) is 0 Å². The highest BCUT2D eigenvalue weighted by atomic mass is 32.2. The van der Waals surface area contributed by atoms with Gasteiger partial charge in [0.2, 0.25) is 5.91 Å². The first-order valence-electron chi connectivity index (χ1n) is 8.75. The quantitative estimate of drug-likeness (QED) is 0.847. The molecule has 2 saturated carbocycles. The second-order valence-corrected chi connectivity index (χ2v) is 8.80. The van der Waals surface area contributed by atoms with Gasteiger partial charge >= 0.3 is 5.97 Å². The number of hydrogen-bond donors (Lipinski definition) is 1. The van der Waals surface area contributed by atoms with Crippen molar-refractivity contribution in [3.63, 3.8) is 0 Å². The first kappa shape index (κ1) is 16.2. The Morgan fingerprint density at radius 2 is 1.64 bits per heavy atom. The Bertz CT molecular complexity index is 420. The van der Waals surface area contributed by atoms with Crippen LogP contribution in [0.4, 0.5) is 0 Å². The first-order valence-corrected chi connectivity index (χ1v) is 9.74. The third kappa shape index (κ3) is 3.44. The lowest BCUT2D eigenvalue weighted by atomic mass is 9.81. The summed E-state index contributed by atoms with van der Waals surface area (Å²) in [4.78, 5) is 26.0. The Morgan fingerprint density at radius 1 is 1.00 bits per heavy atom. The van der Waals surface area contributed by atoms with Crippen LogP contribution in [-0.2, 0) is 9.59 Å². The van der Waals surface area contributed by atoms with Crippen LogP contribution in [0, 0.1) is 11.8 Å². The van der Waals surface area contributed by atoms with Gasteiger partial charge in [-0.2, -0.15) is 11.8 Å². The SMILES string of the molecule is O=C(O)C1CCC(C(=O)N2CCSC3(CCCCC3)C2)CC1. The van der Waals surface area contributed by atoms with Gasteiger partial charge in [0.25, 0.3) is 0 Å². The maximum atomic E-state index is 12.8. The predicted molar refractivity (Wildman–Crippen MR) is 87.9 cm³/mol. The minimum absolute atomic E-state index is 0.0688. The van der Waals surface area contributed by atoms with Crippen LogP contribution in [-0.4, -0.2) is 45.5 Å². The van der Waals surface area contributed by atoms with E-state index in [1.165, 1.54) is 32.1 Å². The molecule has 1 saturated heterocycles. The molecule has 3 fully saturated rings. The summed E-state index contributed by atoms with van der Waals surface area (Å²) in [5.74, 6) is 0.511. The maximum Gasteiger partial charge on any atom is 0.306 e. The molecule has 3 rings (SSSR count). The number of hydrogen-bond acceptors (Lipinski definition) is 3. The molecular formula is C17H27NO3S. The molecule has 0 aromatic rings. The van der Waals surface area contributed by atoms with Gasteiger partial charge in [0.1, 0.15) is 0 Å². The number of amides is 1. The van der Waals surface area contributed by atoms with E-state index in [0.29, 0.717) is 23.5 Å². The average molecular weight is 325 g/mol. The van der Waals surface area contributed by atoms with Crippen molar-refractivity contribution in [3.05, 3.63) is 0 Å². The number of carbonyl (C=O) groups excluding carboxylic acids is 1. The molecule has 1 heterocycles. The molecule has 0 unspecified atom stereocenters. The van der Waals surface area contributed by atoms with E-state index in [-0.39, 0.29) is 11.8 Å². The van der Waals surface area contributed by atoms with E-state index in [2.05, 4.69) is 16.7 Å². The van der Waals surface area contributed by atoms with Gasteiger partial charge in [0.15, 0.2) is 0 Å². The number of carboxylic acids is 1. The van der Waals surface area contributed by atoms with Crippen LogP contribution in [0.2, 0.25) is 0 Å². The van der Waals surface area contributed by atoms with Crippen molar-refractivity contribution in [2.75, 3.05) is 18.8 Å².